The summed E-state index contributed by atoms with van der Waals surface area (Å²) in [5, 5.41) is 7.80. The number of carbonyl (C=O) groups excluding carboxylic acids is 1. The molecular weight excluding hydrogens is 497 g/mol. The summed E-state index contributed by atoms with van der Waals surface area (Å²) in [6.45, 7) is 0.258. The van der Waals surface area contributed by atoms with E-state index in [1.807, 2.05) is 12.1 Å². The van der Waals surface area contributed by atoms with E-state index < -0.39 is 17.8 Å². The van der Waals surface area contributed by atoms with Gasteiger partial charge in [0, 0.05) is 11.8 Å². The van der Waals surface area contributed by atoms with Gasteiger partial charge in [0.25, 0.3) is 0 Å². The van der Waals surface area contributed by atoms with Crippen LogP contribution in [0.3, 0.4) is 0 Å². The topological polar surface area (TPSA) is 123 Å². The number of alkyl halides is 3. The number of amides is 2. The Labute approximate surface area is 214 Å². The van der Waals surface area contributed by atoms with Crippen LogP contribution in [0, 0.1) is 0 Å². The number of halogens is 3. The molecule has 5 N–H and O–H groups in total. The Balaban J connectivity index is 1.47. The predicted molar refractivity (Wildman–Crippen MR) is 138 cm³/mol. The van der Waals surface area contributed by atoms with E-state index in [2.05, 4.69) is 15.2 Å². The van der Waals surface area contributed by atoms with Crippen molar-refractivity contribution in [2.45, 2.75) is 12.8 Å². The minimum absolute atomic E-state index is 0.000451. The number of nitrogen functional groups attached to an aromatic ring is 1. The minimum atomic E-state index is -4.56. The zero-order valence-corrected chi connectivity index (χ0v) is 19.7. The smallest absolute Gasteiger partial charge is 0.416 e. The number of fused-ring (bicyclic) bond motifs is 1. The van der Waals surface area contributed by atoms with E-state index in [0.717, 1.165) is 33.7 Å². The van der Waals surface area contributed by atoms with E-state index in [-0.39, 0.29) is 12.3 Å². The second kappa shape index (κ2) is 9.77. The van der Waals surface area contributed by atoms with Gasteiger partial charge in [-0.3, -0.25) is 15.0 Å². The van der Waals surface area contributed by atoms with Crippen LogP contribution >= 0.6 is 0 Å². The molecule has 0 saturated carbocycles. The fraction of sp³-hybridized carbons (Fsp3) is 0.0741. The molecule has 0 aliphatic carbocycles. The Kier molecular flexibility index (Phi) is 6.33. The van der Waals surface area contributed by atoms with Crippen molar-refractivity contribution >= 4 is 34.1 Å². The van der Waals surface area contributed by atoms with Gasteiger partial charge in [-0.1, -0.05) is 30.3 Å². The number of nitrogens with zero attached hydrogens (tertiary/aromatic N) is 3. The van der Waals surface area contributed by atoms with Crippen LogP contribution in [-0.2, 0) is 12.8 Å². The summed E-state index contributed by atoms with van der Waals surface area (Å²) in [5.41, 5.74) is 14.2. The highest BCUT2D eigenvalue weighted by Gasteiger charge is 2.31. The molecule has 0 aliphatic rings. The molecule has 2 aromatic heterocycles. The fourth-order valence-electron chi connectivity index (χ4n) is 4.18. The van der Waals surface area contributed by atoms with E-state index in [1.54, 1.807) is 48.8 Å². The fourth-order valence-corrected chi connectivity index (χ4v) is 4.18. The zero-order chi connectivity index (χ0) is 26.9. The SMILES string of the molecule is NC(=O)N(c1ccc(-c2ccc(COc3cccnc3)c3[nH]nc(N)c23)cc1)c1cccc(C(F)(F)F)c1. The first-order chi connectivity index (χ1) is 18.2. The van der Waals surface area contributed by atoms with Gasteiger partial charge in [0.1, 0.15) is 12.4 Å². The van der Waals surface area contributed by atoms with E-state index in [4.69, 9.17) is 16.2 Å². The highest BCUT2D eigenvalue weighted by atomic mass is 19.4. The minimum Gasteiger partial charge on any atom is -0.487 e. The van der Waals surface area contributed by atoms with Gasteiger partial charge >= 0.3 is 12.2 Å². The van der Waals surface area contributed by atoms with Crippen molar-refractivity contribution in [2.24, 2.45) is 5.73 Å². The monoisotopic (exact) mass is 518 g/mol. The average Bonchev–Trinajstić information content (AvgIpc) is 3.30. The zero-order valence-electron chi connectivity index (χ0n) is 19.7. The number of anilines is 3. The van der Waals surface area contributed by atoms with Gasteiger partial charge in [0.15, 0.2) is 5.82 Å². The molecule has 2 amide bonds. The summed E-state index contributed by atoms with van der Waals surface area (Å²) >= 11 is 0. The molecule has 0 bridgehead atoms. The number of nitrogens with two attached hydrogens (primary N) is 2. The number of benzene rings is 3. The molecule has 0 saturated heterocycles. The molecule has 5 aromatic rings. The Hall–Kier alpha value is -5.06. The van der Waals surface area contributed by atoms with Crippen molar-refractivity contribution in [3.05, 3.63) is 96.3 Å². The van der Waals surface area contributed by atoms with E-state index in [1.165, 1.54) is 12.1 Å². The molecule has 3 aromatic carbocycles. The summed E-state index contributed by atoms with van der Waals surface area (Å²) in [5.74, 6) is 0.914. The Morgan fingerprint density at radius 3 is 2.47 bits per heavy atom. The van der Waals surface area contributed by atoms with Crippen LogP contribution in [-0.4, -0.2) is 21.2 Å². The first-order valence-electron chi connectivity index (χ1n) is 11.4. The third-order valence-electron chi connectivity index (χ3n) is 5.95. The molecular formula is C27H21F3N6O2. The van der Waals surface area contributed by atoms with Crippen LogP contribution in [0.1, 0.15) is 11.1 Å². The lowest BCUT2D eigenvalue weighted by molar-refractivity contribution is -0.137. The number of H-pyrrole nitrogens is 1. The summed E-state index contributed by atoms with van der Waals surface area (Å²) in [4.78, 5) is 17.3. The van der Waals surface area contributed by atoms with Crippen LogP contribution in [0.15, 0.2) is 85.2 Å². The van der Waals surface area contributed by atoms with Crippen LogP contribution in [0.2, 0.25) is 0 Å². The summed E-state index contributed by atoms with van der Waals surface area (Å²) < 4.78 is 45.4. The van der Waals surface area contributed by atoms with Gasteiger partial charge in [-0.25, -0.2) is 4.79 Å². The normalized spacial score (nSPS) is 11.4. The van der Waals surface area contributed by atoms with Crippen molar-refractivity contribution in [1.29, 1.82) is 0 Å². The average molecular weight is 518 g/mol. The molecule has 0 aliphatic heterocycles. The predicted octanol–water partition coefficient (Wildman–Crippen LogP) is 6.02. The van der Waals surface area contributed by atoms with Gasteiger partial charge in [0.05, 0.1) is 34.0 Å². The second-order valence-corrected chi connectivity index (χ2v) is 8.38. The van der Waals surface area contributed by atoms with Gasteiger partial charge in [-0.15, -0.1) is 0 Å². The Bertz CT molecular complexity index is 1600. The van der Waals surface area contributed by atoms with Crippen LogP contribution < -0.4 is 21.1 Å². The third kappa shape index (κ3) is 4.81. The van der Waals surface area contributed by atoms with Gasteiger partial charge in [-0.2, -0.15) is 18.3 Å². The summed E-state index contributed by atoms with van der Waals surface area (Å²) in [6.07, 6.45) is -1.29. The number of nitrogens with one attached hydrogen (secondary N) is 1. The van der Waals surface area contributed by atoms with Gasteiger partial charge in [-0.05, 0) is 53.6 Å². The largest absolute Gasteiger partial charge is 0.487 e. The van der Waals surface area contributed by atoms with E-state index in [0.29, 0.717) is 28.2 Å². The van der Waals surface area contributed by atoms with Crippen molar-refractivity contribution in [3.8, 4) is 16.9 Å². The van der Waals surface area contributed by atoms with Gasteiger partial charge in [0.2, 0.25) is 0 Å². The number of pyridine rings is 1. The van der Waals surface area contributed by atoms with Crippen molar-refractivity contribution < 1.29 is 22.7 Å². The molecule has 0 spiro atoms. The number of primary amides is 1. The molecule has 2 heterocycles. The van der Waals surface area contributed by atoms with Crippen molar-refractivity contribution in [1.82, 2.24) is 15.2 Å². The first kappa shape index (κ1) is 24.6. The maximum Gasteiger partial charge on any atom is 0.416 e. The summed E-state index contributed by atoms with van der Waals surface area (Å²) in [6, 6.07) is 17.5. The molecule has 0 radical (unpaired) electrons. The number of aromatic nitrogens is 3. The van der Waals surface area contributed by atoms with E-state index in [9.17, 15) is 18.0 Å². The number of urea groups is 1. The number of hydrogen-bond donors (Lipinski definition) is 3. The lowest BCUT2D eigenvalue weighted by Gasteiger charge is -2.22. The van der Waals surface area contributed by atoms with Crippen LogP contribution in [0.4, 0.5) is 35.2 Å². The Morgan fingerprint density at radius 2 is 1.79 bits per heavy atom. The molecule has 8 nitrogen and oxygen atoms in total. The quantitative estimate of drug-likeness (QED) is 0.254. The van der Waals surface area contributed by atoms with Crippen LogP contribution in [0.5, 0.6) is 5.75 Å². The molecule has 0 fully saturated rings. The maximum absolute atomic E-state index is 13.2. The van der Waals surface area contributed by atoms with Crippen molar-refractivity contribution in [3.63, 3.8) is 0 Å². The number of carbonyl (C=O) groups is 1. The molecule has 0 atom stereocenters. The number of ether oxygens (including phenoxy) is 1. The van der Waals surface area contributed by atoms with Crippen molar-refractivity contribution in [2.75, 3.05) is 10.6 Å². The van der Waals surface area contributed by atoms with Crippen LogP contribution in [0.25, 0.3) is 22.0 Å². The number of hydrogen-bond acceptors (Lipinski definition) is 5. The summed E-state index contributed by atoms with van der Waals surface area (Å²) in [7, 11) is 0. The first-order valence-corrected chi connectivity index (χ1v) is 11.4. The molecule has 38 heavy (non-hydrogen) atoms. The maximum atomic E-state index is 13.2. The number of aromatic amines is 1. The molecule has 0 unspecified atom stereocenters. The highest BCUT2D eigenvalue weighted by molar-refractivity contribution is 6.03. The second-order valence-electron chi connectivity index (χ2n) is 8.38. The molecule has 5 rings (SSSR count). The molecule has 11 heteroatoms. The Morgan fingerprint density at radius 1 is 1.00 bits per heavy atom. The van der Waals surface area contributed by atoms with E-state index >= 15 is 0 Å². The lowest BCUT2D eigenvalue weighted by atomic mass is 9.98. The number of rotatable bonds is 6. The highest BCUT2D eigenvalue weighted by Crippen LogP contribution is 2.37. The standard InChI is InChI=1S/C27H21F3N6O2/c28-27(29,30)18-3-1-4-20(13-18)36(26(32)37)19-9-6-16(7-10-19)22-11-8-17(24-23(22)25(31)35-34-24)15-38-21-5-2-12-33-14-21/h1-14H,15H2,(H2,32,37)(H3,31,34,35). The van der Waals surface area contributed by atoms with Gasteiger partial charge < -0.3 is 16.2 Å². The lowest BCUT2D eigenvalue weighted by Crippen LogP contribution is -2.31. The molecule has 192 valence electrons. The third-order valence-corrected chi connectivity index (χ3v) is 5.95.